The molecule has 3 nitrogen and oxygen atoms in total. The Labute approximate surface area is 178 Å². The average molecular weight is 404 g/mol. The van der Waals surface area contributed by atoms with E-state index in [1.165, 1.54) is 57.8 Å². The van der Waals surface area contributed by atoms with Gasteiger partial charge in [0, 0.05) is 11.5 Å². The maximum Gasteiger partial charge on any atom is 0.0687 e. The molecule has 5 fully saturated rings. The summed E-state index contributed by atoms with van der Waals surface area (Å²) >= 11 is 0. The van der Waals surface area contributed by atoms with E-state index in [4.69, 9.17) is 0 Å². The second-order valence-electron chi connectivity index (χ2n) is 12.5. The van der Waals surface area contributed by atoms with Crippen molar-refractivity contribution in [3.05, 3.63) is 0 Å². The minimum absolute atomic E-state index is 0.0125. The summed E-state index contributed by atoms with van der Waals surface area (Å²) in [6, 6.07) is 0.609. The first-order valence-corrected chi connectivity index (χ1v) is 12.9. The van der Waals surface area contributed by atoms with Crippen LogP contribution >= 0.6 is 0 Å². The van der Waals surface area contributed by atoms with Crippen LogP contribution in [0.4, 0.5) is 0 Å². The highest BCUT2D eigenvalue weighted by Crippen LogP contribution is 2.81. The van der Waals surface area contributed by atoms with Crippen molar-refractivity contribution in [2.24, 2.45) is 34.0 Å². The van der Waals surface area contributed by atoms with Crippen LogP contribution in [0.2, 0.25) is 0 Å². The van der Waals surface area contributed by atoms with E-state index >= 15 is 0 Å². The van der Waals surface area contributed by atoms with E-state index in [-0.39, 0.29) is 22.3 Å². The van der Waals surface area contributed by atoms with Crippen molar-refractivity contribution >= 4 is 0 Å². The van der Waals surface area contributed by atoms with Crippen molar-refractivity contribution in [2.75, 3.05) is 7.05 Å². The minimum atomic E-state index is -0.521. The van der Waals surface area contributed by atoms with Crippen LogP contribution in [0.3, 0.4) is 0 Å². The molecule has 0 aromatic heterocycles. The fourth-order valence-corrected chi connectivity index (χ4v) is 10.1. The van der Waals surface area contributed by atoms with Crippen LogP contribution in [0.25, 0.3) is 0 Å². The first kappa shape index (κ1) is 20.8. The fraction of sp³-hybridized carbons (Fsp3) is 1.00. The van der Waals surface area contributed by atoms with E-state index < -0.39 is 5.60 Å². The Morgan fingerprint density at radius 1 is 1.07 bits per heavy atom. The van der Waals surface area contributed by atoms with E-state index in [0.717, 1.165) is 38.0 Å². The molecule has 9 unspecified atom stereocenters. The molecule has 0 amide bonds. The van der Waals surface area contributed by atoms with Crippen molar-refractivity contribution in [3.63, 3.8) is 0 Å². The number of unbranched alkanes of at least 4 members (excludes halogenated alkanes) is 2. The number of aliphatic hydroxyl groups is 2. The maximum atomic E-state index is 11.9. The third-order valence-corrected chi connectivity index (χ3v) is 11.1. The summed E-state index contributed by atoms with van der Waals surface area (Å²) in [5, 5.41) is 27.5. The highest BCUT2D eigenvalue weighted by atomic mass is 16.3. The number of fused-ring (bicyclic) bond motifs is 3. The van der Waals surface area contributed by atoms with Gasteiger partial charge in [-0.1, -0.05) is 46.0 Å². The van der Waals surface area contributed by atoms with Crippen LogP contribution in [-0.4, -0.2) is 35.0 Å². The molecule has 29 heavy (non-hydrogen) atoms. The molecule has 0 saturated heterocycles. The first-order valence-electron chi connectivity index (χ1n) is 12.9. The third kappa shape index (κ3) is 2.72. The van der Waals surface area contributed by atoms with Crippen LogP contribution in [0.5, 0.6) is 0 Å². The second-order valence-corrected chi connectivity index (χ2v) is 12.5. The summed E-state index contributed by atoms with van der Waals surface area (Å²) in [6.45, 7) is 4.66. The van der Waals surface area contributed by atoms with Gasteiger partial charge in [-0.25, -0.2) is 0 Å². The SMILES string of the molecule is CCCCCC1CC2C(NC)CCC34C(O)CC5(C)CCCC(O)(C5)C3CC24C1. The molecule has 0 aromatic rings. The van der Waals surface area contributed by atoms with E-state index in [0.29, 0.717) is 17.9 Å². The lowest BCUT2D eigenvalue weighted by Gasteiger charge is -2.73. The highest BCUT2D eigenvalue weighted by Gasteiger charge is 2.79. The molecule has 5 rings (SSSR count). The zero-order chi connectivity index (χ0) is 20.5. The van der Waals surface area contributed by atoms with E-state index in [9.17, 15) is 10.2 Å². The number of hydrogen-bond donors (Lipinski definition) is 3. The predicted molar refractivity (Wildman–Crippen MR) is 118 cm³/mol. The van der Waals surface area contributed by atoms with Gasteiger partial charge in [-0.15, -0.1) is 0 Å². The van der Waals surface area contributed by atoms with Crippen LogP contribution in [0.15, 0.2) is 0 Å². The van der Waals surface area contributed by atoms with Gasteiger partial charge in [0.25, 0.3) is 0 Å². The van der Waals surface area contributed by atoms with Gasteiger partial charge in [-0.05, 0) is 93.4 Å². The van der Waals surface area contributed by atoms with Gasteiger partial charge >= 0.3 is 0 Å². The molecule has 0 aliphatic heterocycles. The lowest BCUT2D eigenvalue weighted by Crippen LogP contribution is -2.73. The Hall–Kier alpha value is -0.120. The molecule has 0 radical (unpaired) electrons. The molecule has 2 bridgehead atoms. The molecule has 5 saturated carbocycles. The Kier molecular flexibility index (Phi) is 4.97. The van der Waals surface area contributed by atoms with Gasteiger partial charge in [-0.2, -0.15) is 0 Å². The van der Waals surface area contributed by atoms with Crippen molar-refractivity contribution in [2.45, 2.75) is 121 Å². The second kappa shape index (κ2) is 6.94. The standard InChI is InChI=1S/C26H45NO2/c1-4-5-6-8-18-13-19-20(27-3)9-12-26-21(15-24(19,26)14-18)25(29)11-7-10-23(2,17-25)16-22(26)28/h18-22,27-29H,4-17H2,1-3H3. The van der Waals surface area contributed by atoms with E-state index in [1.54, 1.807) is 0 Å². The van der Waals surface area contributed by atoms with Gasteiger partial charge in [0.2, 0.25) is 0 Å². The molecule has 0 heterocycles. The highest BCUT2D eigenvalue weighted by molar-refractivity contribution is 5.28. The molecule has 5 aliphatic carbocycles. The fourth-order valence-electron chi connectivity index (χ4n) is 10.1. The summed E-state index contributed by atoms with van der Waals surface area (Å²) in [7, 11) is 2.15. The Bertz CT molecular complexity index is 638. The summed E-state index contributed by atoms with van der Waals surface area (Å²) in [4.78, 5) is 0. The van der Waals surface area contributed by atoms with Crippen LogP contribution in [-0.2, 0) is 0 Å². The molecular formula is C26H45NO2. The van der Waals surface area contributed by atoms with Crippen molar-refractivity contribution in [1.29, 1.82) is 0 Å². The summed E-state index contributed by atoms with van der Waals surface area (Å²) in [5.41, 5.74) is -0.119. The van der Waals surface area contributed by atoms with Crippen LogP contribution in [0, 0.1) is 34.0 Å². The zero-order valence-electron chi connectivity index (χ0n) is 19.2. The molecule has 3 N–H and O–H groups in total. The Morgan fingerprint density at radius 2 is 1.90 bits per heavy atom. The third-order valence-electron chi connectivity index (χ3n) is 11.1. The van der Waals surface area contributed by atoms with Crippen molar-refractivity contribution in [3.8, 4) is 0 Å². The number of aliphatic hydroxyl groups excluding tert-OH is 1. The topological polar surface area (TPSA) is 52.5 Å². The average Bonchev–Trinajstić information content (AvgIpc) is 3.03. The number of rotatable bonds is 5. The normalized spacial score (nSPS) is 56.0. The summed E-state index contributed by atoms with van der Waals surface area (Å²) in [5.74, 6) is 1.87. The zero-order valence-corrected chi connectivity index (χ0v) is 19.2. The van der Waals surface area contributed by atoms with Gasteiger partial charge in [0.05, 0.1) is 11.7 Å². The molecule has 166 valence electrons. The molecule has 5 aliphatic rings. The smallest absolute Gasteiger partial charge is 0.0687 e. The molecule has 2 spiro atoms. The summed E-state index contributed by atoms with van der Waals surface area (Å²) < 4.78 is 0. The van der Waals surface area contributed by atoms with Crippen LogP contribution in [0.1, 0.15) is 104 Å². The largest absolute Gasteiger partial charge is 0.392 e. The Morgan fingerprint density at radius 3 is 2.66 bits per heavy atom. The quantitative estimate of drug-likeness (QED) is 0.564. The minimum Gasteiger partial charge on any atom is -0.392 e. The monoisotopic (exact) mass is 403 g/mol. The van der Waals surface area contributed by atoms with E-state index in [1.807, 2.05) is 0 Å². The van der Waals surface area contributed by atoms with Gasteiger partial charge in [0.15, 0.2) is 0 Å². The van der Waals surface area contributed by atoms with Gasteiger partial charge in [-0.3, -0.25) is 0 Å². The molecule has 9 atom stereocenters. The molecular weight excluding hydrogens is 358 g/mol. The number of nitrogens with one attached hydrogen (secondary N) is 1. The first-order chi connectivity index (χ1) is 13.8. The molecule has 3 heteroatoms. The van der Waals surface area contributed by atoms with E-state index in [2.05, 4.69) is 26.2 Å². The lowest BCUT2D eigenvalue weighted by molar-refractivity contribution is -0.294. The van der Waals surface area contributed by atoms with Crippen molar-refractivity contribution < 1.29 is 10.2 Å². The maximum absolute atomic E-state index is 11.9. The van der Waals surface area contributed by atoms with Crippen molar-refractivity contribution in [1.82, 2.24) is 5.32 Å². The van der Waals surface area contributed by atoms with Gasteiger partial charge in [0.1, 0.15) is 0 Å². The predicted octanol–water partition coefficient (Wildman–Crippen LogP) is 5.04. The van der Waals surface area contributed by atoms with Gasteiger partial charge < -0.3 is 15.5 Å². The molecule has 0 aromatic carbocycles. The van der Waals surface area contributed by atoms with Crippen LogP contribution < -0.4 is 5.32 Å². The Balaban J connectivity index is 1.51. The lowest BCUT2D eigenvalue weighted by atomic mass is 9.32. The summed E-state index contributed by atoms with van der Waals surface area (Å²) in [6.07, 6.45) is 16.5. The number of hydrogen-bond acceptors (Lipinski definition) is 3.